The van der Waals surface area contributed by atoms with Gasteiger partial charge in [0.25, 0.3) is 5.56 Å². The molecule has 164 valence electrons. The highest BCUT2D eigenvalue weighted by molar-refractivity contribution is 7.99. The van der Waals surface area contributed by atoms with Crippen LogP contribution in [0.25, 0.3) is 10.2 Å². The number of hydrogen-bond donors (Lipinski definition) is 0. The normalized spacial score (nSPS) is 14.4. The van der Waals surface area contributed by atoms with E-state index in [0.29, 0.717) is 54.7 Å². The molecule has 31 heavy (non-hydrogen) atoms. The maximum atomic E-state index is 13.1. The first kappa shape index (κ1) is 21.8. The molecule has 1 saturated heterocycles. The predicted molar refractivity (Wildman–Crippen MR) is 122 cm³/mol. The quantitative estimate of drug-likeness (QED) is 0.397. The first-order chi connectivity index (χ1) is 15.1. The molecule has 0 spiro atoms. The molecule has 10 heteroatoms. The van der Waals surface area contributed by atoms with Crippen LogP contribution in [0.5, 0.6) is 0 Å². The van der Waals surface area contributed by atoms with Crippen molar-refractivity contribution in [1.82, 2.24) is 14.5 Å². The summed E-state index contributed by atoms with van der Waals surface area (Å²) in [5, 5.41) is 2.38. The fraction of sp³-hybridized carbons (Fsp3) is 0.381. The molecular weight excluding hydrogens is 439 g/mol. The monoisotopic (exact) mass is 462 g/mol. The third kappa shape index (κ3) is 4.91. The lowest BCUT2D eigenvalue weighted by Gasteiger charge is -2.36. The van der Waals surface area contributed by atoms with E-state index >= 15 is 0 Å². The third-order valence-corrected chi connectivity index (χ3v) is 7.05. The molecule has 1 aliphatic rings. The molecule has 0 bridgehead atoms. The summed E-state index contributed by atoms with van der Waals surface area (Å²) in [6.45, 7) is 3.38. The number of ether oxygens (including phenoxy) is 1. The topological polar surface area (TPSA) is 67.7 Å². The molecule has 1 fully saturated rings. The van der Waals surface area contributed by atoms with Crippen molar-refractivity contribution in [2.75, 3.05) is 50.5 Å². The molecule has 7 nitrogen and oxygen atoms in total. The van der Waals surface area contributed by atoms with E-state index in [0.717, 1.165) is 5.69 Å². The zero-order valence-electron chi connectivity index (χ0n) is 17.1. The molecule has 0 radical (unpaired) electrons. The highest BCUT2D eigenvalue weighted by atomic mass is 32.2. The van der Waals surface area contributed by atoms with Crippen LogP contribution in [0.2, 0.25) is 0 Å². The van der Waals surface area contributed by atoms with E-state index < -0.39 is 0 Å². The van der Waals surface area contributed by atoms with E-state index in [4.69, 9.17) is 4.74 Å². The molecule has 3 aromatic rings. The first-order valence-corrected chi connectivity index (χ1v) is 11.8. The lowest BCUT2D eigenvalue weighted by molar-refractivity contribution is -0.128. The van der Waals surface area contributed by atoms with Crippen molar-refractivity contribution in [3.8, 4) is 0 Å². The average Bonchev–Trinajstić information content (AvgIpc) is 3.26. The summed E-state index contributed by atoms with van der Waals surface area (Å²) in [4.78, 5) is 34.1. The molecule has 0 atom stereocenters. The molecular formula is C21H23FN4O3S2. The van der Waals surface area contributed by atoms with Gasteiger partial charge in [-0.05, 0) is 35.7 Å². The molecule has 0 aliphatic carbocycles. The number of halogens is 1. The molecule has 0 N–H and O–H groups in total. The number of thiophene rings is 1. The number of nitrogens with zero attached hydrogens (tertiary/aromatic N) is 4. The third-order valence-electron chi connectivity index (χ3n) is 5.20. The van der Waals surface area contributed by atoms with Crippen LogP contribution in [0.1, 0.15) is 0 Å². The average molecular weight is 463 g/mol. The van der Waals surface area contributed by atoms with Gasteiger partial charge in [0.05, 0.1) is 24.4 Å². The number of carbonyl (C=O) groups is 1. The Balaban J connectivity index is 1.39. The number of methoxy groups -OCH3 is 1. The number of carbonyl (C=O) groups excluding carboxylic acids is 1. The van der Waals surface area contributed by atoms with E-state index in [1.165, 1.54) is 35.2 Å². The largest absolute Gasteiger partial charge is 0.383 e. The molecule has 3 heterocycles. The van der Waals surface area contributed by atoms with E-state index in [1.807, 2.05) is 16.3 Å². The summed E-state index contributed by atoms with van der Waals surface area (Å²) < 4.78 is 20.5. The SMILES string of the molecule is COCCn1c(SCC(=O)N2CCN(c3ccc(F)cc3)CC2)nc2ccsc2c1=O. The molecule has 1 aliphatic heterocycles. The van der Waals surface area contributed by atoms with Crippen LogP contribution in [0, 0.1) is 5.82 Å². The van der Waals surface area contributed by atoms with E-state index in [-0.39, 0.29) is 23.0 Å². The van der Waals surface area contributed by atoms with E-state index in [2.05, 4.69) is 9.88 Å². The van der Waals surface area contributed by atoms with Crippen LogP contribution in [-0.2, 0) is 16.1 Å². The van der Waals surface area contributed by atoms with Gasteiger partial charge in [-0.15, -0.1) is 11.3 Å². The fourth-order valence-electron chi connectivity index (χ4n) is 3.50. The van der Waals surface area contributed by atoms with Crippen molar-refractivity contribution >= 4 is 44.9 Å². The maximum Gasteiger partial charge on any atom is 0.272 e. The summed E-state index contributed by atoms with van der Waals surface area (Å²) >= 11 is 2.65. The Morgan fingerprint density at radius 3 is 2.65 bits per heavy atom. The van der Waals surface area contributed by atoms with Crippen molar-refractivity contribution in [2.24, 2.45) is 0 Å². The molecule has 0 saturated carbocycles. The molecule has 2 aromatic heterocycles. The number of hydrogen-bond acceptors (Lipinski definition) is 7. The number of amides is 1. The van der Waals surface area contributed by atoms with Gasteiger partial charge in [-0.3, -0.25) is 14.2 Å². The maximum absolute atomic E-state index is 13.1. The Labute approximate surface area is 187 Å². The summed E-state index contributed by atoms with van der Waals surface area (Å²) in [6.07, 6.45) is 0. The van der Waals surface area contributed by atoms with E-state index in [9.17, 15) is 14.0 Å². The second-order valence-corrected chi connectivity index (χ2v) is 8.97. The van der Waals surface area contributed by atoms with Crippen LogP contribution in [-0.4, -0.2) is 66.0 Å². The lowest BCUT2D eigenvalue weighted by Crippen LogP contribution is -2.49. The van der Waals surface area contributed by atoms with Crippen molar-refractivity contribution < 1.29 is 13.9 Å². The number of benzene rings is 1. The standard InChI is InChI=1S/C21H23FN4O3S2/c1-29-12-11-26-20(28)19-17(6-13-30-19)23-21(26)31-14-18(27)25-9-7-24(8-10-25)16-4-2-15(22)3-5-16/h2-6,13H,7-12,14H2,1H3. The van der Waals surface area contributed by atoms with Crippen LogP contribution < -0.4 is 10.5 Å². The van der Waals surface area contributed by atoms with Crippen LogP contribution in [0.4, 0.5) is 10.1 Å². The van der Waals surface area contributed by atoms with Crippen molar-refractivity contribution in [2.45, 2.75) is 11.7 Å². The summed E-state index contributed by atoms with van der Waals surface area (Å²) in [5.74, 6) is -0.0273. The number of piperazine rings is 1. The second kappa shape index (κ2) is 9.80. The minimum atomic E-state index is -0.257. The molecule has 1 amide bonds. The summed E-state index contributed by atoms with van der Waals surface area (Å²) in [6, 6.07) is 8.23. The van der Waals surface area contributed by atoms with Crippen LogP contribution in [0.3, 0.4) is 0 Å². The van der Waals surface area contributed by atoms with Crippen molar-refractivity contribution in [3.63, 3.8) is 0 Å². The van der Waals surface area contributed by atoms with E-state index in [1.54, 1.807) is 23.8 Å². The number of thioether (sulfide) groups is 1. The fourth-order valence-corrected chi connectivity index (χ4v) is 5.20. The van der Waals surface area contributed by atoms with Gasteiger partial charge >= 0.3 is 0 Å². The van der Waals surface area contributed by atoms with Gasteiger partial charge in [-0.1, -0.05) is 11.8 Å². The molecule has 0 unspecified atom stereocenters. The molecule has 4 rings (SSSR count). The van der Waals surface area contributed by atoms with Crippen LogP contribution >= 0.6 is 23.1 Å². The van der Waals surface area contributed by atoms with Crippen molar-refractivity contribution in [3.05, 3.63) is 51.9 Å². The number of aromatic nitrogens is 2. The van der Waals surface area contributed by atoms with Gasteiger partial charge in [0, 0.05) is 39.0 Å². The Hall–Kier alpha value is -2.43. The van der Waals surface area contributed by atoms with Gasteiger partial charge < -0.3 is 14.5 Å². The van der Waals surface area contributed by atoms with Crippen LogP contribution in [0.15, 0.2) is 45.7 Å². The predicted octanol–water partition coefficient (Wildman–Crippen LogP) is 2.68. The van der Waals surface area contributed by atoms with Gasteiger partial charge in [0.2, 0.25) is 5.91 Å². The van der Waals surface area contributed by atoms with Crippen molar-refractivity contribution in [1.29, 1.82) is 0 Å². The smallest absolute Gasteiger partial charge is 0.272 e. The Morgan fingerprint density at radius 2 is 1.94 bits per heavy atom. The number of rotatable bonds is 7. The molecule has 1 aromatic carbocycles. The Morgan fingerprint density at radius 1 is 1.19 bits per heavy atom. The summed E-state index contributed by atoms with van der Waals surface area (Å²) in [5.41, 5.74) is 1.52. The zero-order chi connectivity index (χ0) is 21.8. The van der Waals surface area contributed by atoms with Gasteiger partial charge in [-0.25, -0.2) is 9.37 Å². The lowest BCUT2D eigenvalue weighted by atomic mass is 10.2. The van der Waals surface area contributed by atoms with Gasteiger partial charge in [0.15, 0.2) is 5.16 Å². The Kier molecular flexibility index (Phi) is 6.89. The minimum absolute atomic E-state index is 0.0155. The highest BCUT2D eigenvalue weighted by Gasteiger charge is 2.22. The van der Waals surface area contributed by atoms with Gasteiger partial charge in [-0.2, -0.15) is 0 Å². The second-order valence-electron chi connectivity index (χ2n) is 7.11. The number of anilines is 1. The zero-order valence-corrected chi connectivity index (χ0v) is 18.8. The number of fused-ring (bicyclic) bond motifs is 1. The minimum Gasteiger partial charge on any atom is -0.383 e. The van der Waals surface area contributed by atoms with Gasteiger partial charge in [0.1, 0.15) is 10.5 Å². The summed E-state index contributed by atoms with van der Waals surface area (Å²) in [7, 11) is 1.59. The highest BCUT2D eigenvalue weighted by Crippen LogP contribution is 2.22. The first-order valence-electron chi connectivity index (χ1n) is 9.95. The Bertz CT molecular complexity index is 1110.